The Morgan fingerprint density at radius 1 is 1.19 bits per heavy atom. The Balaban J connectivity index is 1.21. The molecule has 10 heteroatoms. The summed E-state index contributed by atoms with van der Waals surface area (Å²) >= 11 is 6.35. The van der Waals surface area contributed by atoms with Crippen LogP contribution in [0.4, 0.5) is 4.79 Å². The predicted molar refractivity (Wildman–Crippen MR) is 139 cm³/mol. The smallest absolute Gasteiger partial charge is 0.410 e. The van der Waals surface area contributed by atoms with Crippen molar-refractivity contribution in [2.75, 3.05) is 26.2 Å². The lowest BCUT2D eigenvalue weighted by molar-refractivity contribution is -0.164. The van der Waals surface area contributed by atoms with E-state index in [2.05, 4.69) is 25.6 Å². The monoisotopic (exact) mass is 531 g/mol. The van der Waals surface area contributed by atoms with Gasteiger partial charge in [0.15, 0.2) is 5.79 Å². The third-order valence-electron chi connectivity index (χ3n) is 8.55. The lowest BCUT2D eigenvalue weighted by atomic mass is 9.77. The summed E-state index contributed by atoms with van der Waals surface area (Å²) in [5, 5.41) is 1.32. The Morgan fingerprint density at radius 3 is 2.70 bits per heavy atom. The Hall–Kier alpha value is -1.94. The Morgan fingerprint density at radius 2 is 1.97 bits per heavy atom. The number of hydrogen-bond acceptors (Lipinski definition) is 7. The topological polar surface area (TPSA) is 82.0 Å². The maximum atomic E-state index is 12.8. The van der Waals surface area contributed by atoms with Crippen LogP contribution >= 0.6 is 11.6 Å². The summed E-state index contributed by atoms with van der Waals surface area (Å²) < 4.78 is 20.9. The summed E-state index contributed by atoms with van der Waals surface area (Å²) in [5.41, 5.74) is 0.371. The van der Waals surface area contributed by atoms with E-state index in [1.165, 1.54) is 6.33 Å². The minimum absolute atomic E-state index is 0.00189. The van der Waals surface area contributed by atoms with Gasteiger partial charge in [-0.15, -0.1) is 0 Å². The molecule has 0 radical (unpaired) electrons. The van der Waals surface area contributed by atoms with Gasteiger partial charge in [-0.2, -0.15) is 0 Å². The zero-order valence-corrected chi connectivity index (χ0v) is 23.2. The highest BCUT2D eigenvalue weighted by atomic mass is 35.5. The molecule has 1 amide bonds. The molecule has 37 heavy (non-hydrogen) atoms. The van der Waals surface area contributed by atoms with Crippen LogP contribution in [-0.4, -0.2) is 85.7 Å². The third-order valence-corrected chi connectivity index (χ3v) is 8.85. The molecule has 0 aromatic carbocycles. The molecule has 5 heterocycles. The van der Waals surface area contributed by atoms with E-state index in [4.69, 9.17) is 25.8 Å². The molecule has 6 rings (SSSR count). The molecule has 4 fully saturated rings. The van der Waals surface area contributed by atoms with Crippen LogP contribution in [0.2, 0.25) is 5.15 Å². The lowest BCUT2D eigenvalue weighted by Gasteiger charge is -2.57. The van der Waals surface area contributed by atoms with E-state index in [1.54, 1.807) is 0 Å². The molecule has 2 aromatic heterocycles. The van der Waals surface area contributed by atoms with E-state index in [0.29, 0.717) is 11.1 Å². The van der Waals surface area contributed by atoms with Crippen molar-refractivity contribution in [2.24, 2.45) is 5.92 Å². The number of fused-ring (bicyclic) bond motifs is 2. The molecule has 202 valence electrons. The van der Waals surface area contributed by atoms with Crippen molar-refractivity contribution in [3.8, 4) is 0 Å². The van der Waals surface area contributed by atoms with Gasteiger partial charge in [-0.05, 0) is 66.4 Å². The maximum absolute atomic E-state index is 12.8. The zero-order chi connectivity index (χ0) is 26.2. The van der Waals surface area contributed by atoms with Gasteiger partial charge >= 0.3 is 6.09 Å². The largest absolute Gasteiger partial charge is 0.444 e. The molecule has 3 saturated heterocycles. The zero-order valence-electron chi connectivity index (χ0n) is 22.4. The van der Waals surface area contributed by atoms with Gasteiger partial charge in [0.25, 0.3) is 0 Å². The van der Waals surface area contributed by atoms with Crippen molar-refractivity contribution in [1.29, 1.82) is 0 Å². The molecule has 1 spiro atoms. The Labute approximate surface area is 223 Å². The van der Waals surface area contributed by atoms with Crippen LogP contribution in [0, 0.1) is 5.92 Å². The summed E-state index contributed by atoms with van der Waals surface area (Å²) in [6.07, 6.45) is 7.45. The van der Waals surface area contributed by atoms with Gasteiger partial charge in [-0.1, -0.05) is 11.6 Å². The number of rotatable bonds is 3. The first-order valence-corrected chi connectivity index (χ1v) is 13.9. The number of amides is 1. The summed E-state index contributed by atoms with van der Waals surface area (Å²) in [7, 11) is 0. The molecule has 1 unspecified atom stereocenters. The number of likely N-dealkylation sites (tertiary alicyclic amines) is 2. The quantitative estimate of drug-likeness (QED) is 0.533. The maximum Gasteiger partial charge on any atom is 0.410 e. The second-order valence-corrected chi connectivity index (χ2v) is 13.0. The van der Waals surface area contributed by atoms with Crippen LogP contribution < -0.4 is 0 Å². The van der Waals surface area contributed by atoms with Crippen molar-refractivity contribution in [3.05, 3.63) is 23.7 Å². The van der Waals surface area contributed by atoms with Crippen LogP contribution in [0.25, 0.3) is 11.0 Å². The highest BCUT2D eigenvalue weighted by Crippen LogP contribution is 2.50. The fraction of sp³-hybridized carbons (Fsp3) is 0.741. The molecular formula is C27H38ClN5O4. The van der Waals surface area contributed by atoms with Gasteiger partial charge in [0.05, 0.1) is 17.5 Å². The van der Waals surface area contributed by atoms with Crippen LogP contribution in [0.5, 0.6) is 0 Å². The summed E-state index contributed by atoms with van der Waals surface area (Å²) in [5.74, 6) is -0.326. The standard InChI is InChI=1S/C27H38ClN5O4/c1-25(2,3)37-24(34)31-10-6-8-27(15-31)9-12-32(27)14-17-13-19(21-20(17)35-26(4,5)36-21)33-11-7-18-22(28)29-16-30-23(18)33/h7,11,16-17,19-21H,6,8-10,12-15H2,1-5H3/t17-,19-,20-,21+,27?/m1/s1. The molecule has 5 atom stereocenters. The molecule has 3 aliphatic heterocycles. The summed E-state index contributed by atoms with van der Waals surface area (Å²) in [4.78, 5) is 26.0. The molecule has 2 aromatic rings. The SMILES string of the molecule is CC(C)(C)OC(=O)N1CCCC2(CCN2C[C@H]2C[C@@H](n3ccc4c(Cl)ncnc43)[C@@H]3OC(C)(C)O[C@H]23)C1. The minimum Gasteiger partial charge on any atom is -0.444 e. The van der Waals surface area contributed by atoms with Crippen molar-refractivity contribution >= 4 is 28.7 Å². The third kappa shape index (κ3) is 4.51. The van der Waals surface area contributed by atoms with E-state index in [9.17, 15) is 4.79 Å². The molecule has 0 bridgehead atoms. The average molecular weight is 532 g/mol. The highest BCUT2D eigenvalue weighted by molar-refractivity contribution is 6.33. The first kappa shape index (κ1) is 25.3. The van der Waals surface area contributed by atoms with Crippen molar-refractivity contribution in [3.63, 3.8) is 0 Å². The van der Waals surface area contributed by atoms with E-state index in [1.807, 2.05) is 45.6 Å². The van der Waals surface area contributed by atoms with Crippen molar-refractivity contribution in [1.82, 2.24) is 24.3 Å². The normalized spacial score (nSPS) is 33.6. The van der Waals surface area contributed by atoms with Gasteiger partial charge in [0.2, 0.25) is 0 Å². The number of ether oxygens (including phenoxy) is 3. The van der Waals surface area contributed by atoms with Crippen LogP contribution in [0.1, 0.15) is 66.3 Å². The van der Waals surface area contributed by atoms with Gasteiger partial charge < -0.3 is 23.7 Å². The fourth-order valence-corrected chi connectivity index (χ4v) is 7.12. The summed E-state index contributed by atoms with van der Waals surface area (Å²) in [6.45, 7) is 13.2. The van der Waals surface area contributed by atoms with Gasteiger partial charge in [-0.3, -0.25) is 4.90 Å². The number of aromatic nitrogens is 3. The molecular weight excluding hydrogens is 494 g/mol. The molecule has 1 saturated carbocycles. The molecule has 1 aliphatic carbocycles. The van der Waals surface area contributed by atoms with Gasteiger partial charge in [0, 0.05) is 43.8 Å². The summed E-state index contributed by atoms with van der Waals surface area (Å²) in [6, 6.07) is 2.08. The number of nitrogens with zero attached hydrogens (tertiary/aromatic N) is 5. The highest BCUT2D eigenvalue weighted by Gasteiger charge is 2.57. The van der Waals surface area contributed by atoms with Crippen molar-refractivity contribution in [2.45, 2.75) is 95.5 Å². The number of piperidine rings is 1. The van der Waals surface area contributed by atoms with Gasteiger partial charge in [-0.25, -0.2) is 14.8 Å². The van der Waals surface area contributed by atoms with Gasteiger partial charge in [0.1, 0.15) is 28.8 Å². The lowest BCUT2D eigenvalue weighted by Crippen LogP contribution is -2.68. The minimum atomic E-state index is -0.632. The first-order valence-electron chi connectivity index (χ1n) is 13.5. The number of hydrogen-bond donors (Lipinski definition) is 0. The number of halogens is 1. The number of carbonyl (C=O) groups excluding carboxylic acids is 1. The van der Waals surface area contributed by atoms with E-state index >= 15 is 0 Å². The number of carbonyl (C=O) groups is 1. The van der Waals surface area contributed by atoms with Crippen LogP contribution in [0.3, 0.4) is 0 Å². The Bertz CT molecular complexity index is 1200. The average Bonchev–Trinajstić information content (AvgIpc) is 3.47. The molecule has 0 N–H and O–H groups in total. The second-order valence-electron chi connectivity index (χ2n) is 12.7. The Kier molecular flexibility index (Phi) is 6.02. The van der Waals surface area contributed by atoms with E-state index in [0.717, 1.165) is 62.9 Å². The second kappa shape index (κ2) is 8.79. The van der Waals surface area contributed by atoms with Crippen molar-refractivity contribution < 1.29 is 19.0 Å². The first-order chi connectivity index (χ1) is 17.4. The van der Waals surface area contributed by atoms with E-state index < -0.39 is 11.4 Å². The fourth-order valence-electron chi connectivity index (χ4n) is 6.93. The molecule has 9 nitrogen and oxygen atoms in total. The van der Waals surface area contributed by atoms with Crippen LogP contribution in [-0.2, 0) is 14.2 Å². The predicted octanol–water partition coefficient (Wildman–Crippen LogP) is 4.64. The van der Waals surface area contributed by atoms with E-state index in [-0.39, 0.29) is 29.9 Å². The molecule has 4 aliphatic rings. The van der Waals surface area contributed by atoms with Crippen LogP contribution in [0.15, 0.2) is 18.6 Å².